The summed E-state index contributed by atoms with van der Waals surface area (Å²) < 4.78 is 0. The zero-order valence-corrected chi connectivity index (χ0v) is 10.6. The zero-order valence-electron chi connectivity index (χ0n) is 9.85. The van der Waals surface area contributed by atoms with Gasteiger partial charge in [0.2, 0.25) is 0 Å². The third-order valence-electron chi connectivity index (χ3n) is 2.86. The van der Waals surface area contributed by atoms with E-state index in [2.05, 4.69) is 9.97 Å². The van der Waals surface area contributed by atoms with Gasteiger partial charge in [0.25, 0.3) is 5.56 Å². The van der Waals surface area contributed by atoms with Crippen LogP contribution in [0.4, 0.5) is 5.69 Å². The van der Waals surface area contributed by atoms with Crippen molar-refractivity contribution in [3.05, 3.63) is 57.8 Å². The van der Waals surface area contributed by atoms with Crippen LogP contribution in [0.1, 0.15) is 0 Å². The third kappa shape index (κ3) is 2.06. The highest BCUT2D eigenvalue weighted by atomic mass is 35.5. The summed E-state index contributed by atoms with van der Waals surface area (Å²) in [5.41, 5.74) is 7.31. The molecule has 5 heteroatoms. The minimum Gasteiger partial charge on any atom is -0.399 e. The summed E-state index contributed by atoms with van der Waals surface area (Å²) >= 11 is 6.13. The highest BCUT2D eigenvalue weighted by Gasteiger charge is 2.08. The van der Waals surface area contributed by atoms with Crippen molar-refractivity contribution in [2.24, 2.45) is 0 Å². The maximum absolute atomic E-state index is 12.0. The number of rotatable bonds is 1. The van der Waals surface area contributed by atoms with Crippen LogP contribution in [-0.2, 0) is 0 Å². The first-order chi connectivity index (χ1) is 9.15. The molecule has 0 aliphatic carbocycles. The molecule has 0 atom stereocenters. The normalized spacial score (nSPS) is 10.8. The standard InChI is InChI=1S/C14H10ClN3O/c15-11-7-8(16)5-6-9(11)13-17-12-4-2-1-3-10(12)14(19)18-13/h1-7H,16H2,(H,17,18,19). The number of fused-ring (bicyclic) bond motifs is 1. The molecule has 19 heavy (non-hydrogen) atoms. The molecular weight excluding hydrogens is 262 g/mol. The molecule has 3 N–H and O–H groups in total. The number of nitrogens with two attached hydrogens (primary N) is 1. The molecule has 3 rings (SSSR count). The van der Waals surface area contributed by atoms with Crippen molar-refractivity contribution in [3.63, 3.8) is 0 Å². The van der Waals surface area contributed by atoms with Crippen LogP contribution >= 0.6 is 11.6 Å². The summed E-state index contributed by atoms with van der Waals surface area (Å²) in [6.07, 6.45) is 0. The van der Waals surface area contributed by atoms with Crippen molar-refractivity contribution in [1.82, 2.24) is 9.97 Å². The number of H-pyrrole nitrogens is 1. The van der Waals surface area contributed by atoms with Gasteiger partial charge in [-0.1, -0.05) is 23.7 Å². The van der Waals surface area contributed by atoms with Crippen LogP contribution in [0.15, 0.2) is 47.3 Å². The van der Waals surface area contributed by atoms with Crippen LogP contribution in [0.3, 0.4) is 0 Å². The van der Waals surface area contributed by atoms with E-state index in [-0.39, 0.29) is 5.56 Å². The summed E-state index contributed by atoms with van der Waals surface area (Å²) in [5, 5.41) is 1.01. The van der Waals surface area contributed by atoms with Crippen molar-refractivity contribution in [1.29, 1.82) is 0 Å². The van der Waals surface area contributed by atoms with E-state index in [9.17, 15) is 4.79 Å². The van der Waals surface area contributed by atoms with Crippen LogP contribution in [0.25, 0.3) is 22.3 Å². The summed E-state index contributed by atoms with van der Waals surface area (Å²) in [4.78, 5) is 19.1. The fraction of sp³-hybridized carbons (Fsp3) is 0. The fourth-order valence-electron chi connectivity index (χ4n) is 1.94. The van der Waals surface area contributed by atoms with Crippen molar-refractivity contribution >= 4 is 28.2 Å². The molecule has 0 spiro atoms. The van der Waals surface area contributed by atoms with Gasteiger partial charge in [-0.25, -0.2) is 4.98 Å². The smallest absolute Gasteiger partial charge is 0.259 e. The molecular formula is C14H10ClN3O. The molecule has 3 aromatic rings. The van der Waals surface area contributed by atoms with E-state index in [1.54, 1.807) is 36.4 Å². The van der Waals surface area contributed by atoms with Crippen LogP contribution in [0, 0.1) is 0 Å². The van der Waals surface area contributed by atoms with Crippen LogP contribution in [-0.4, -0.2) is 9.97 Å². The van der Waals surface area contributed by atoms with Gasteiger partial charge >= 0.3 is 0 Å². The van der Waals surface area contributed by atoms with Gasteiger partial charge in [0.1, 0.15) is 5.82 Å². The number of nitrogens with one attached hydrogen (secondary N) is 1. The number of hydrogen-bond acceptors (Lipinski definition) is 3. The molecule has 1 aromatic heterocycles. The molecule has 94 valence electrons. The molecule has 0 amide bonds. The Hall–Kier alpha value is -2.33. The lowest BCUT2D eigenvalue weighted by Gasteiger charge is -2.05. The number of anilines is 1. The molecule has 0 bridgehead atoms. The second-order valence-corrected chi connectivity index (χ2v) is 4.58. The molecule has 0 aliphatic rings. The predicted molar refractivity (Wildman–Crippen MR) is 77.2 cm³/mol. The van der Waals surface area contributed by atoms with E-state index >= 15 is 0 Å². The minimum absolute atomic E-state index is 0.187. The Labute approximate surface area is 113 Å². The van der Waals surface area contributed by atoms with Gasteiger partial charge in [-0.3, -0.25) is 4.79 Å². The zero-order chi connectivity index (χ0) is 13.4. The van der Waals surface area contributed by atoms with Crippen LogP contribution in [0.2, 0.25) is 5.02 Å². The Balaban J connectivity index is 2.28. The lowest BCUT2D eigenvalue weighted by molar-refractivity contribution is 1.18. The van der Waals surface area contributed by atoms with Gasteiger partial charge in [0, 0.05) is 11.3 Å². The Morgan fingerprint density at radius 1 is 1.16 bits per heavy atom. The maximum Gasteiger partial charge on any atom is 0.259 e. The topological polar surface area (TPSA) is 71.8 Å². The van der Waals surface area contributed by atoms with Crippen molar-refractivity contribution in [3.8, 4) is 11.4 Å². The van der Waals surface area contributed by atoms with Gasteiger partial charge in [0.15, 0.2) is 0 Å². The molecule has 2 aromatic carbocycles. The summed E-state index contributed by atoms with van der Waals surface area (Å²) in [6, 6.07) is 12.3. The van der Waals surface area contributed by atoms with Crippen LogP contribution in [0.5, 0.6) is 0 Å². The lowest BCUT2D eigenvalue weighted by Crippen LogP contribution is -2.09. The molecule has 0 unspecified atom stereocenters. The van der Waals surface area contributed by atoms with Gasteiger partial charge in [0.05, 0.1) is 15.9 Å². The second kappa shape index (κ2) is 4.40. The number of nitrogens with zero attached hydrogens (tertiary/aromatic N) is 1. The van der Waals surface area contributed by atoms with Gasteiger partial charge in [-0.2, -0.15) is 0 Å². The first-order valence-corrected chi connectivity index (χ1v) is 6.07. The van der Waals surface area contributed by atoms with Crippen molar-refractivity contribution in [2.75, 3.05) is 5.73 Å². The molecule has 1 heterocycles. The van der Waals surface area contributed by atoms with Crippen molar-refractivity contribution in [2.45, 2.75) is 0 Å². The van der Waals surface area contributed by atoms with Gasteiger partial charge in [-0.15, -0.1) is 0 Å². The van der Waals surface area contributed by atoms with E-state index in [0.29, 0.717) is 33.0 Å². The van der Waals surface area contributed by atoms with E-state index in [1.165, 1.54) is 0 Å². The van der Waals surface area contributed by atoms with Crippen molar-refractivity contribution < 1.29 is 0 Å². The average molecular weight is 272 g/mol. The highest BCUT2D eigenvalue weighted by molar-refractivity contribution is 6.33. The van der Waals surface area contributed by atoms with Crippen LogP contribution < -0.4 is 11.3 Å². The molecule has 0 aliphatic heterocycles. The first-order valence-electron chi connectivity index (χ1n) is 5.69. The number of benzene rings is 2. The Morgan fingerprint density at radius 3 is 2.74 bits per heavy atom. The quantitative estimate of drug-likeness (QED) is 0.669. The lowest BCUT2D eigenvalue weighted by atomic mass is 10.1. The van der Waals surface area contributed by atoms with E-state index < -0.39 is 0 Å². The Bertz CT molecular complexity index is 826. The summed E-state index contributed by atoms with van der Waals surface area (Å²) in [7, 11) is 0. The predicted octanol–water partition coefficient (Wildman–Crippen LogP) is 2.83. The molecule has 0 radical (unpaired) electrons. The largest absolute Gasteiger partial charge is 0.399 e. The van der Waals surface area contributed by atoms with Gasteiger partial charge < -0.3 is 10.7 Å². The average Bonchev–Trinajstić information content (AvgIpc) is 2.38. The summed E-state index contributed by atoms with van der Waals surface area (Å²) in [5.74, 6) is 0.439. The highest BCUT2D eigenvalue weighted by Crippen LogP contribution is 2.27. The Morgan fingerprint density at radius 2 is 1.95 bits per heavy atom. The molecule has 0 fully saturated rings. The molecule has 0 saturated carbocycles. The second-order valence-electron chi connectivity index (χ2n) is 4.17. The van der Waals surface area contributed by atoms with E-state index in [1.807, 2.05) is 6.07 Å². The minimum atomic E-state index is -0.187. The van der Waals surface area contributed by atoms with Gasteiger partial charge in [-0.05, 0) is 30.3 Å². The fourth-order valence-corrected chi connectivity index (χ4v) is 2.22. The number of aromatic amines is 1. The van der Waals surface area contributed by atoms with E-state index in [0.717, 1.165) is 0 Å². The maximum atomic E-state index is 12.0. The van der Waals surface area contributed by atoms with E-state index in [4.69, 9.17) is 17.3 Å². The third-order valence-corrected chi connectivity index (χ3v) is 3.17. The monoisotopic (exact) mass is 271 g/mol. The number of halogens is 1. The Kier molecular flexibility index (Phi) is 2.72. The number of para-hydroxylation sites is 1. The molecule has 0 saturated heterocycles. The summed E-state index contributed by atoms with van der Waals surface area (Å²) in [6.45, 7) is 0. The molecule has 4 nitrogen and oxygen atoms in total. The number of hydrogen-bond donors (Lipinski definition) is 2. The SMILES string of the molecule is Nc1ccc(-c2nc3ccccc3c(=O)[nH]2)c(Cl)c1. The number of aromatic nitrogens is 2. The number of nitrogen functional groups attached to an aromatic ring is 1. The first kappa shape index (κ1) is 11.7.